The van der Waals surface area contributed by atoms with Crippen LogP contribution in [0, 0.1) is 0 Å². The van der Waals surface area contributed by atoms with Gasteiger partial charge in [-0.3, -0.25) is 4.90 Å². The lowest BCUT2D eigenvalue weighted by molar-refractivity contribution is 0.146. The number of nitrogens with zero attached hydrogens (tertiary/aromatic N) is 2. The molecular formula is C22H28N2O2S. The van der Waals surface area contributed by atoms with Gasteiger partial charge >= 0.3 is 0 Å². The van der Waals surface area contributed by atoms with Crippen molar-refractivity contribution in [3.8, 4) is 0 Å². The molecule has 2 aliphatic rings. The van der Waals surface area contributed by atoms with Gasteiger partial charge in [0.25, 0.3) is 0 Å². The third-order valence-corrected chi connectivity index (χ3v) is 7.96. The maximum Gasteiger partial charge on any atom is 0.243 e. The van der Waals surface area contributed by atoms with Crippen molar-refractivity contribution in [2.45, 2.75) is 43.5 Å². The van der Waals surface area contributed by atoms with E-state index < -0.39 is 10.0 Å². The number of aryl methyl sites for hydroxylation is 2. The van der Waals surface area contributed by atoms with Crippen LogP contribution < -0.4 is 0 Å². The number of hydrogen-bond donors (Lipinski definition) is 0. The van der Waals surface area contributed by atoms with Crippen LogP contribution in [0.5, 0.6) is 0 Å². The van der Waals surface area contributed by atoms with E-state index in [0.29, 0.717) is 24.0 Å². The normalized spacial score (nSPS) is 20.2. The second-order valence-electron chi connectivity index (χ2n) is 7.66. The summed E-state index contributed by atoms with van der Waals surface area (Å²) in [6.45, 7) is 4.83. The Hall–Kier alpha value is -1.69. The van der Waals surface area contributed by atoms with Crippen molar-refractivity contribution in [1.29, 1.82) is 0 Å². The van der Waals surface area contributed by atoms with E-state index in [-0.39, 0.29) is 0 Å². The Bertz CT molecular complexity index is 888. The largest absolute Gasteiger partial charge is 0.294 e. The van der Waals surface area contributed by atoms with E-state index >= 15 is 0 Å². The van der Waals surface area contributed by atoms with Gasteiger partial charge in [0.15, 0.2) is 0 Å². The maximum absolute atomic E-state index is 13.1. The number of rotatable bonds is 4. The molecule has 1 heterocycles. The average molecular weight is 385 g/mol. The van der Waals surface area contributed by atoms with E-state index in [2.05, 4.69) is 36.1 Å². The lowest BCUT2D eigenvalue weighted by atomic mass is 9.92. The topological polar surface area (TPSA) is 40.6 Å². The van der Waals surface area contributed by atoms with Gasteiger partial charge in [-0.1, -0.05) is 36.4 Å². The van der Waals surface area contributed by atoms with Crippen molar-refractivity contribution in [1.82, 2.24) is 9.21 Å². The fourth-order valence-corrected chi connectivity index (χ4v) is 5.77. The highest BCUT2D eigenvalue weighted by Crippen LogP contribution is 2.27. The number of hydrogen-bond acceptors (Lipinski definition) is 3. The van der Waals surface area contributed by atoms with Crippen LogP contribution in [0.4, 0.5) is 0 Å². The zero-order chi connectivity index (χ0) is 18.9. The highest BCUT2D eigenvalue weighted by Gasteiger charge is 2.30. The summed E-state index contributed by atoms with van der Waals surface area (Å²) in [6.07, 6.45) is 4.44. The van der Waals surface area contributed by atoms with E-state index in [1.807, 2.05) is 18.2 Å². The molecule has 27 heavy (non-hydrogen) atoms. The van der Waals surface area contributed by atoms with Crippen LogP contribution >= 0.6 is 0 Å². The zero-order valence-corrected chi connectivity index (χ0v) is 16.8. The van der Waals surface area contributed by atoms with E-state index in [4.69, 9.17) is 0 Å². The summed E-state index contributed by atoms with van der Waals surface area (Å²) in [5.74, 6) is 0. The maximum atomic E-state index is 13.1. The zero-order valence-electron chi connectivity index (χ0n) is 16.0. The second-order valence-corrected chi connectivity index (χ2v) is 9.60. The summed E-state index contributed by atoms with van der Waals surface area (Å²) in [4.78, 5) is 2.83. The van der Waals surface area contributed by atoms with Gasteiger partial charge in [-0.05, 0) is 61.4 Å². The van der Waals surface area contributed by atoms with Crippen molar-refractivity contribution in [3.05, 3.63) is 65.2 Å². The molecule has 0 amide bonds. The molecule has 0 N–H and O–H groups in total. The summed E-state index contributed by atoms with van der Waals surface area (Å²) in [5, 5.41) is 0. The summed E-state index contributed by atoms with van der Waals surface area (Å²) < 4.78 is 27.9. The Balaban J connectivity index is 1.46. The summed E-state index contributed by atoms with van der Waals surface area (Å²) >= 11 is 0. The van der Waals surface area contributed by atoms with Crippen molar-refractivity contribution < 1.29 is 8.42 Å². The van der Waals surface area contributed by atoms with Crippen LogP contribution in [-0.2, 0) is 22.9 Å². The molecular weight excluding hydrogens is 356 g/mol. The molecule has 0 radical (unpaired) electrons. The molecule has 4 rings (SSSR count). The quantitative estimate of drug-likeness (QED) is 0.808. The Labute approximate surface area is 162 Å². The van der Waals surface area contributed by atoms with Crippen LogP contribution in [-0.4, -0.2) is 43.8 Å². The van der Waals surface area contributed by atoms with E-state index in [1.165, 1.54) is 23.1 Å². The molecule has 1 fully saturated rings. The van der Waals surface area contributed by atoms with Crippen LogP contribution in [0.3, 0.4) is 0 Å². The van der Waals surface area contributed by atoms with E-state index in [9.17, 15) is 8.42 Å². The Morgan fingerprint density at radius 2 is 1.52 bits per heavy atom. The monoisotopic (exact) mass is 384 g/mol. The predicted octanol–water partition coefficient (Wildman–Crippen LogP) is 3.63. The Morgan fingerprint density at radius 3 is 2.22 bits per heavy atom. The summed E-state index contributed by atoms with van der Waals surface area (Å²) in [7, 11) is -3.40. The van der Waals surface area contributed by atoms with Crippen molar-refractivity contribution >= 4 is 10.0 Å². The first-order chi connectivity index (χ1) is 13.1. The molecule has 4 nitrogen and oxygen atoms in total. The summed E-state index contributed by atoms with van der Waals surface area (Å²) in [6, 6.07) is 16.5. The van der Waals surface area contributed by atoms with Crippen molar-refractivity contribution in [2.24, 2.45) is 0 Å². The highest BCUT2D eigenvalue weighted by atomic mass is 32.2. The molecule has 0 spiro atoms. The van der Waals surface area contributed by atoms with Crippen LogP contribution in [0.15, 0.2) is 53.4 Å². The molecule has 1 aliphatic carbocycles. The average Bonchev–Trinajstić information content (AvgIpc) is 2.73. The van der Waals surface area contributed by atoms with Gasteiger partial charge < -0.3 is 0 Å². The van der Waals surface area contributed by atoms with Gasteiger partial charge in [0, 0.05) is 32.2 Å². The van der Waals surface area contributed by atoms with Gasteiger partial charge in [-0.25, -0.2) is 8.42 Å². The third kappa shape index (κ3) is 3.82. The van der Waals surface area contributed by atoms with Gasteiger partial charge in [0.05, 0.1) is 4.90 Å². The van der Waals surface area contributed by atoms with E-state index in [0.717, 1.165) is 32.4 Å². The Morgan fingerprint density at radius 1 is 0.852 bits per heavy atom. The van der Waals surface area contributed by atoms with Gasteiger partial charge in [0.1, 0.15) is 0 Å². The van der Waals surface area contributed by atoms with Gasteiger partial charge in [-0.2, -0.15) is 4.31 Å². The molecule has 0 bridgehead atoms. The highest BCUT2D eigenvalue weighted by molar-refractivity contribution is 7.89. The van der Waals surface area contributed by atoms with Crippen molar-refractivity contribution in [3.63, 3.8) is 0 Å². The lowest BCUT2D eigenvalue weighted by Gasteiger charge is -2.37. The molecule has 1 atom stereocenters. The molecule has 1 saturated heterocycles. The first kappa shape index (κ1) is 18.7. The molecule has 0 saturated carbocycles. The number of fused-ring (bicyclic) bond motifs is 1. The predicted molar refractivity (Wildman–Crippen MR) is 108 cm³/mol. The number of piperazine rings is 1. The number of benzene rings is 2. The molecule has 2 aromatic carbocycles. The molecule has 5 heteroatoms. The fraction of sp³-hybridized carbons (Fsp3) is 0.455. The number of sulfonamides is 1. The van der Waals surface area contributed by atoms with Gasteiger partial charge in [-0.15, -0.1) is 0 Å². The first-order valence-corrected chi connectivity index (χ1v) is 11.4. The molecule has 144 valence electrons. The van der Waals surface area contributed by atoms with Crippen molar-refractivity contribution in [2.75, 3.05) is 26.2 Å². The molecule has 1 unspecified atom stereocenters. The molecule has 2 aromatic rings. The minimum Gasteiger partial charge on any atom is -0.294 e. The first-order valence-electron chi connectivity index (χ1n) is 9.96. The summed E-state index contributed by atoms with van der Waals surface area (Å²) in [5.41, 5.74) is 3.82. The Kier molecular flexibility index (Phi) is 5.35. The second kappa shape index (κ2) is 7.74. The molecule has 0 aromatic heterocycles. The van der Waals surface area contributed by atoms with Crippen LogP contribution in [0.25, 0.3) is 0 Å². The lowest BCUT2D eigenvalue weighted by Crippen LogP contribution is -2.49. The SMILES string of the molecule is CC(c1ccccc1)N1CCN(S(=O)(=O)c2ccc3c(c2)CCCC3)CC1. The van der Waals surface area contributed by atoms with E-state index in [1.54, 1.807) is 10.4 Å². The van der Waals surface area contributed by atoms with Gasteiger partial charge in [0.2, 0.25) is 10.0 Å². The smallest absolute Gasteiger partial charge is 0.243 e. The molecule has 1 aliphatic heterocycles. The standard InChI is InChI=1S/C22H28N2O2S/c1-18(19-7-3-2-4-8-19)23-13-15-24(16-14-23)27(25,26)22-12-11-20-9-5-6-10-21(20)17-22/h2-4,7-8,11-12,17-18H,5-6,9-10,13-16H2,1H3. The van der Waals surface area contributed by atoms with Crippen LogP contribution in [0.1, 0.15) is 42.5 Å². The van der Waals surface area contributed by atoms with Crippen LogP contribution in [0.2, 0.25) is 0 Å². The fourth-order valence-electron chi connectivity index (χ4n) is 4.29. The minimum atomic E-state index is -3.40. The minimum absolute atomic E-state index is 0.305. The third-order valence-electron chi connectivity index (χ3n) is 6.06.